The number of carbonyl (C=O) groups excluding carboxylic acids is 2. The highest BCUT2D eigenvalue weighted by atomic mass is 28.4. The Morgan fingerprint density at radius 3 is 2.12 bits per heavy atom. The smallest absolute Gasteiger partial charge is 0.410 e. The normalized spacial score (nSPS) is 19.3. The van der Waals surface area contributed by atoms with Gasteiger partial charge in [0.05, 0.1) is 24.9 Å². The lowest BCUT2D eigenvalue weighted by atomic mass is 9.99. The first-order valence-corrected chi connectivity index (χ1v) is 16.4. The van der Waals surface area contributed by atoms with Crippen molar-refractivity contribution in [3.8, 4) is 0 Å². The van der Waals surface area contributed by atoms with Crippen LogP contribution in [0.4, 0.5) is 4.79 Å². The summed E-state index contributed by atoms with van der Waals surface area (Å²) < 4.78 is 14.7. The van der Waals surface area contributed by atoms with Gasteiger partial charge in [0.15, 0.2) is 0 Å². The van der Waals surface area contributed by atoms with Crippen LogP contribution in [0.25, 0.3) is 0 Å². The second-order valence-electron chi connectivity index (χ2n) is 13.2. The van der Waals surface area contributed by atoms with Gasteiger partial charge in [0, 0.05) is 24.6 Å². The second-order valence-corrected chi connectivity index (χ2v) is 17.5. The molecule has 2 aliphatic rings. The first-order valence-electron chi connectivity index (χ1n) is 14.4. The van der Waals surface area contributed by atoms with Crippen LogP contribution in [0.2, 0.25) is 5.04 Å². The van der Waals surface area contributed by atoms with Crippen LogP contribution >= 0.6 is 0 Å². The van der Waals surface area contributed by atoms with Crippen LogP contribution in [0.15, 0.2) is 60.7 Å². The zero-order valence-corrected chi connectivity index (χ0v) is 26.2. The van der Waals surface area contributed by atoms with Crippen LogP contribution in [-0.4, -0.2) is 59.8 Å². The van der Waals surface area contributed by atoms with Crippen LogP contribution in [-0.2, 0) is 22.1 Å². The first-order chi connectivity index (χ1) is 19.3. The van der Waals surface area contributed by atoms with E-state index in [1.54, 1.807) is 4.90 Å². The van der Waals surface area contributed by atoms with E-state index in [4.69, 9.17) is 14.3 Å². The first kappa shape index (κ1) is 29.1. The molecule has 2 amide bonds. The second kappa shape index (κ2) is 10.8. The standard InChI is InChI=1S/C32H42N4O4Si/c1-22-18-27-26(20-35(22)30(38)40-31(2,3)4)28-29(37)33-19-23(36(28)34-27)21-39-41(32(5,6)7,24-14-10-8-11-15-24)25-16-12-9-13-17-25/h8-17,22-23H,18-21H2,1-7H3,(H,33,37)/t22-,23?/m1/s1. The highest BCUT2D eigenvalue weighted by Gasteiger charge is 2.51. The van der Waals surface area contributed by atoms with Gasteiger partial charge in [-0.25, -0.2) is 4.79 Å². The number of rotatable bonds is 5. The zero-order valence-electron chi connectivity index (χ0n) is 25.2. The number of benzene rings is 2. The summed E-state index contributed by atoms with van der Waals surface area (Å²) in [6.07, 6.45) is 0.183. The summed E-state index contributed by atoms with van der Waals surface area (Å²) in [5.41, 5.74) is 1.57. The maximum absolute atomic E-state index is 13.2. The average molecular weight is 575 g/mol. The Hall–Kier alpha value is -3.43. The molecule has 9 heteroatoms. The summed E-state index contributed by atoms with van der Waals surface area (Å²) in [6.45, 7) is 15.4. The van der Waals surface area contributed by atoms with Gasteiger partial charge in [0.25, 0.3) is 14.2 Å². The fourth-order valence-corrected chi connectivity index (χ4v) is 10.7. The van der Waals surface area contributed by atoms with Crippen molar-refractivity contribution in [1.82, 2.24) is 20.0 Å². The van der Waals surface area contributed by atoms with E-state index in [0.29, 0.717) is 25.3 Å². The molecule has 8 nitrogen and oxygen atoms in total. The molecule has 3 heterocycles. The molecule has 1 N–H and O–H groups in total. The molecule has 0 fully saturated rings. The maximum Gasteiger partial charge on any atom is 0.410 e. The summed E-state index contributed by atoms with van der Waals surface area (Å²) in [5, 5.41) is 10.3. The predicted octanol–water partition coefficient (Wildman–Crippen LogP) is 4.43. The number of fused-ring (bicyclic) bond motifs is 3. The molecule has 0 spiro atoms. The van der Waals surface area contributed by atoms with Crippen LogP contribution < -0.4 is 15.7 Å². The molecule has 1 unspecified atom stereocenters. The van der Waals surface area contributed by atoms with Crippen molar-refractivity contribution in [2.45, 2.75) is 84.2 Å². The Labute approximate surface area is 244 Å². The monoisotopic (exact) mass is 574 g/mol. The van der Waals surface area contributed by atoms with Crippen LogP contribution in [0.3, 0.4) is 0 Å². The van der Waals surface area contributed by atoms with Gasteiger partial charge in [0.2, 0.25) is 0 Å². The summed E-state index contributed by atoms with van der Waals surface area (Å²) in [4.78, 5) is 27.9. The van der Waals surface area contributed by atoms with E-state index in [1.165, 1.54) is 10.4 Å². The van der Waals surface area contributed by atoms with Crippen molar-refractivity contribution < 1.29 is 18.8 Å². The van der Waals surface area contributed by atoms with Gasteiger partial charge < -0.3 is 19.4 Å². The van der Waals surface area contributed by atoms with Gasteiger partial charge in [-0.1, -0.05) is 81.4 Å². The fourth-order valence-electron chi connectivity index (χ4n) is 6.13. The molecule has 0 aliphatic carbocycles. The maximum atomic E-state index is 13.2. The summed E-state index contributed by atoms with van der Waals surface area (Å²) in [7, 11) is -2.77. The van der Waals surface area contributed by atoms with Gasteiger partial charge in [-0.05, 0) is 43.1 Å². The summed E-state index contributed by atoms with van der Waals surface area (Å²) in [6, 6.07) is 20.8. The lowest BCUT2D eigenvalue weighted by molar-refractivity contribution is 0.0136. The number of hydrogen-bond donors (Lipinski definition) is 1. The minimum absolute atomic E-state index is 0.0934. The van der Waals surface area contributed by atoms with E-state index in [0.717, 1.165) is 11.3 Å². The Bertz CT molecular complexity index is 1370. The van der Waals surface area contributed by atoms with Crippen molar-refractivity contribution in [3.63, 3.8) is 0 Å². The van der Waals surface area contributed by atoms with Crippen molar-refractivity contribution in [2.24, 2.45) is 0 Å². The predicted molar refractivity (Wildman–Crippen MR) is 162 cm³/mol. The molecule has 0 saturated carbocycles. The van der Waals surface area contributed by atoms with E-state index in [9.17, 15) is 9.59 Å². The van der Waals surface area contributed by atoms with E-state index >= 15 is 0 Å². The van der Waals surface area contributed by atoms with Crippen molar-refractivity contribution in [3.05, 3.63) is 77.6 Å². The summed E-state index contributed by atoms with van der Waals surface area (Å²) in [5.74, 6) is -0.167. The molecule has 5 rings (SSSR count). The van der Waals surface area contributed by atoms with Gasteiger partial charge >= 0.3 is 6.09 Å². The van der Waals surface area contributed by atoms with Crippen LogP contribution in [0.5, 0.6) is 0 Å². The Morgan fingerprint density at radius 2 is 1.59 bits per heavy atom. The van der Waals surface area contributed by atoms with Crippen molar-refractivity contribution >= 4 is 30.7 Å². The van der Waals surface area contributed by atoms with Gasteiger partial charge in [-0.3, -0.25) is 9.48 Å². The molecule has 41 heavy (non-hydrogen) atoms. The average Bonchev–Trinajstić information content (AvgIpc) is 3.28. The number of aromatic nitrogens is 2. The highest BCUT2D eigenvalue weighted by molar-refractivity contribution is 6.99. The van der Waals surface area contributed by atoms with Crippen molar-refractivity contribution in [2.75, 3.05) is 13.2 Å². The van der Waals surface area contributed by atoms with Gasteiger partial charge in [0.1, 0.15) is 11.3 Å². The minimum atomic E-state index is -2.77. The topological polar surface area (TPSA) is 85.7 Å². The lowest BCUT2D eigenvalue weighted by Crippen LogP contribution is -2.67. The third-order valence-electron chi connectivity index (χ3n) is 8.04. The largest absolute Gasteiger partial charge is 0.444 e. The molecule has 1 aromatic heterocycles. The fraction of sp³-hybridized carbons (Fsp3) is 0.469. The number of hydrogen-bond acceptors (Lipinski definition) is 5. The highest BCUT2D eigenvalue weighted by Crippen LogP contribution is 2.38. The molecule has 218 valence electrons. The van der Waals surface area contributed by atoms with Crippen molar-refractivity contribution in [1.29, 1.82) is 0 Å². The Kier molecular flexibility index (Phi) is 7.63. The number of amides is 2. The van der Waals surface area contributed by atoms with E-state index in [-0.39, 0.29) is 35.7 Å². The third kappa shape index (κ3) is 5.45. The SMILES string of the molecule is C[C@@H]1Cc2nn3c(c2CN1C(=O)OC(C)(C)C)C(=O)NCC3CO[Si](c1ccccc1)(c1ccccc1)C(C)(C)C. The van der Waals surface area contributed by atoms with Crippen LogP contribution in [0.1, 0.15) is 76.3 Å². The molecule has 2 aromatic carbocycles. The number of carbonyl (C=O) groups is 2. The quantitative estimate of drug-likeness (QED) is 0.456. The lowest BCUT2D eigenvalue weighted by Gasteiger charge is -2.44. The molecule has 2 atom stereocenters. The molecule has 0 saturated heterocycles. The minimum Gasteiger partial charge on any atom is -0.444 e. The third-order valence-corrected chi connectivity index (χ3v) is 13.0. The molecule has 0 bridgehead atoms. The molecular weight excluding hydrogens is 532 g/mol. The number of nitrogens with zero attached hydrogens (tertiary/aromatic N) is 3. The molecule has 3 aromatic rings. The molecule has 2 aliphatic heterocycles. The van der Waals surface area contributed by atoms with Gasteiger partial charge in [-0.2, -0.15) is 5.10 Å². The van der Waals surface area contributed by atoms with E-state index < -0.39 is 13.9 Å². The zero-order chi connectivity index (χ0) is 29.6. The van der Waals surface area contributed by atoms with Crippen LogP contribution in [0, 0.1) is 0 Å². The Morgan fingerprint density at radius 1 is 1.00 bits per heavy atom. The van der Waals surface area contributed by atoms with E-state index in [1.807, 2.05) is 44.5 Å². The number of ether oxygens (including phenoxy) is 1. The summed E-state index contributed by atoms with van der Waals surface area (Å²) >= 11 is 0. The Balaban J connectivity index is 1.49. The molecular formula is C32H42N4O4Si. The van der Waals surface area contributed by atoms with E-state index in [2.05, 4.69) is 74.6 Å². The molecule has 0 radical (unpaired) electrons. The number of nitrogens with one attached hydrogen (secondary N) is 1. The van der Waals surface area contributed by atoms with Gasteiger partial charge in [-0.15, -0.1) is 0 Å².